The molecule has 0 radical (unpaired) electrons. The lowest BCUT2D eigenvalue weighted by Gasteiger charge is -2.48. The molecule has 3 rings (SSSR count). The van der Waals surface area contributed by atoms with Gasteiger partial charge in [-0.15, -0.1) is 11.6 Å². The highest BCUT2D eigenvalue weighted by Gasteiger charge is 2.57. The molecular formula is C29H37ClO7. The minimum atomic E-state index is -1.52. The molecule has 202 valence electrons. The van der Waals surface area contributed by atoms with Crippen LogP contribution in [0.2, 0.25) is 0 Å². The second-order valence-corrected chi connectivity index (χ2v) is 10.7. The van der Waals surface area contributed by atoms with Crippen molar-refractivity contribution in [3.05, 3.63) is 58.2 Å². The van der Waals surface area contributed by atoms with E-state index in [0.29, 0.717) is 5.75 Å². The van der Waals surface area contributed by atoms with Crippen LogP contribution in [-0.4, -0.2) is 56.0 Å². The van der Waals surface area contributed by atoms with Gasteiger partial charge in [0.2, 0.25) is 5.78 Å². The van der Waals surface area contributed by atoms with Crippen LogP contribution in [0.4, 0.5) is 0 Å². The number of ether oxygens (including phenoxy) is 5. The first-order valence-corrected chi connectivity index (χ1v) is 12.8. The molecule has 0 unspecified atom stereocenters. The smallest absolute Gasteiger partial charge is 0.200 e. The number of fused-ring (bicyclic) bond motifs is 2. The summed E-state index contributed by atoms with van der Waals surface area (Å²) in [4.78, 5) is 28.3. The lowest BCUT2D eigenvalue weighted by atomic mass is 9.69. The van der Waals surface area contributed by atoms with E-state index in [1.54, 1.807) is 18.2 Å². The highest BCUT2D eigenvalue weighted by Crippen LogP contribution is 2.49. The largest absolute Gasteiger partial charge is 0.467 e. The third kappa shape index (κ3) is 6.17. The average Bonchev–Trinajstić information content (AvgIpc) is 2.84. The fourth-order valence-electron chi connectivity index (χ4n) is 4.52. The Morgan fingerprint density at radius 1 is 1.05 bits per heavy atom. The number of halogens is 1. The number of Topliss-reactive ketones (excluding diaryl/α,β-unsaturated/α-hetero) is 2. The molecule has 0 N–H and O–H groups in total. The van der Waals surface area contributed by atoms with E-state index in [9.17, 15) is 9.59 Å². The number of alkyl halides is 1. The fourth-order valence-corrected chi connectivity index (χ4v) is 4.70. The molecule has 0 amide bonds. The van der Waals surface area contributed by atoms with Gasteiger partial charge in [-0.25, -0.2) is 0 Å². The van der Waals surface area contributed by atoms with Gasteiger partial charge in [-0.2, -0.15) is 0 Å². The Bertz CT molecular complexity index is 1130. The van der Waals surface area contributed by atoms with Crippen LogP contribution in [0.15, 0.2) is 47.1 Å². The van der Waals surface area contributed by atoms with Crippen LogP contribution >= 0.6 is 11.6 Å². The van der Waals surface area contributed by atoms with E-state index in [4.69, 9.17) is 35.3 Å². The van der Waals surface area contributed by atoms with Crippen molar-refractivity contribution in [3.63, 3.8) is 0 Å². The SMILES string of the molecule is COCOc1cc(OCOC)c2c(c1)C(=O)[C@]1(C/C=C(\C)CCC=C(C)C)OC(C)(C)[C@H](Cl)C=C1C2=O. The first-order valence-electron chi connectivity index (χ1n) is 12.3. The highest BCUT2D eigenvalue weighted by molar-refractivity contribution is 6.30. The van der Waals surface area contributed by atoms with Gasteiger partial charge in [-0.3, -0.25) is 9.59 Å². The molecule has 0 bridgehead atoms. The molecule has 1 aromatic carbocycles. The Kier molecular flexibility index (Phi) is 9.40. The molecule has 1 aliphatic carbocycles. The van der Waals surface area contributed by atoms with Crippen molar-refractivity contribution in [1.82, 2.24) is 0 Å². The van der Waals surface area contributed by atoms with Gasteiger partial charge in [0.25, 0.3) is 0 Å². The van der Waals surface area contributed by atoms with Gasteiger partial charge in [0.15, 0.2) is 25.0 Å². The number of hydrogen-bond donors (Lipinski definition) is 0. The lowest BCUT2D eigenvalue weighted by molar-refractivity contribution is -0.103. The summed E-state index contributed by atoms with van der Waals surface area (Å²) >= 11 is 6.63. The Morgan fingerprint density at radius 2 is 1.73 bits per heavy atom. The van der Waals surface area contributed by atoms with Crippen molar-refractivity contribution in [1.29, 1.82) is 0 Å². The standard InChI is InChI=1S/C29H37ClO7/c1-18(2)9-8-10-19(3)11-12-29-22(15-24(30)28(4,5)37-29)26(31)25-21(27(29)32)13-20(35-16-33-6)14-23(25)36-17-34-7/h9,11,13-15,24H,8,10,12,16-17H2,1-7H3/b19-11+/t24-,29-/m1/s1. The van der Waals surface area contributed by atoms with Crippen molar-refractivity contribution < 1.29 is 33.3 Å². The molecule has 0 saturated carbocycles. The summed E-state index contributed by atoms with van der Waals surface area (Å²) in [5.74, 6) is -0.198. The summed E-state index contributed by atoms with van der Waals surface area (Å²) in [6, 6.07) is 3.09. The number of methoxy groups -OCH3 is 2. The summed E-state index contributed by atoms with van der Waals surface area (Å²) in [7, 11) is 2.97. The molecule has 1 aliphatic heterocycles. The maximum atomic E-state index is 14.3. The Morgan fingerprint density at radius 3 is 2.38 bits per heavy atom. The predicted octanol–water partition coefficient (Wildman–Crippen LogP) is 6.20. The van der Waals surface area contributed by atoms with Gasteiger partial charge in [0.1, 0.15) is 11.5 Å². The molecule has 0 saturated heterocycles. The molecule has 1 heterocycles. The van der Waals surface area contributed by atoms with Crippen LogP contribution in [0.5, 0.6) is 11.5 Å². The molecule has 2 atom stereocenters. The van der Waals surface area contributed by atoms with E-state index < -0.39 is 16.6 Å². The zero-order valence-electron chi connectivity index (χ0n) is 22.7. The zero-order chi connectivity index (χ0) is 27.4. The number of ketones is 2. The van der Waals surface area contributed by atoms with E-state index >= 15 is 0 Å². The summed E-state index contributed by atoms with van der Waals surface area (Å²) in [6.45, 7) is 9.65. The number of allylic oxidation sites excluding steroid dienone is 3. The number of carbonyl (C=O) groups excluding carboxylic acids is 2. The second kappa shape index (κ2) is 11.9. The van der Waals surface area contributed by atoms with Crippen LogP contribution < -0.4 is 9.47 Å². The Hall–Kier alpha value is -2.45. The van der Waals surface area contributed by atoms with Crippen LogP contribution in [0.1, 0.15) is 74.6 Å². The highest BCUT2D eigenvalue weighted by atomic mass is 35.5. The van der Waals surface area contributed by atoms with Crippen molar-refractivity contribution >= 4 is 23.2 Å². The molecule has 8 heteroatoms. The van der Waals surface area contributed by atoms with Crippen molar-refractivity contribution in [2.24, 2.45) is 0 Å². The van der Waals surface area contributed by atoms with Crippen molar-refractivity contribution in [2.45, 2.75) is 70.5 Å². The first kappa shape index (κ1) is 29.1. The van der Waals surface area contributed by atoms with E-state index in [2.05, 4.69) is 19.9 Å². The van der Waals surface area contributed by atoms with Crippen LogP contribution in [0.3, 0.4) is 0 Å². The quantitative estimate of drug-likeness (QED) is 0.191. The van der Waals surface area contributed by atoms with E-state index in [-0.39, 0.29) is 54.0 Å². The van der Waals surface area contributed by atoms with Crippen molar-refractivity contribution in [3.8, 4) is 11.5 Å². The van der Waals surface area contributed by atoms with Gasteiger partial charge < -0.3 is 23.7 Å². The molecule has 1 aromatic rings. The number of benzene rings is 1. The molecule has 37 heavy (non-hydrogen) atoms. The summed E-state index contributed by atoms with van der Waals surface area (Å²) in [5.41, 5.74) is 0.492. The maximum absolute atomic E-state index is 14.3. The van der Waals surface area contributed by atoms with Gasteiger partial charge >= 0.3 is 0 Å². The third-order valence-corrected chi connectivity index (χ3v) is 7.16. The molecular weight excluding hydrogens is 496 g/mol. The zero-order valence-corrected chi connectivity index (χ0v) is 23.5. The van der Waals surface area contributed by atoms with E-state index in [1.807, 2.05) is 26.8 Å². The molecule has 7 nitrogen and oxygen atoms in total. The minimum absolute atomic E-state index is 0.0357. The molecule has 0 spiro atoms. The number of rotatable bonds is 11. The predicted molar refractivity (Wildman–Crippen MR) is 143 cm³/mol. The molecule has 0 fully saturated rings. The monoisotopic (exact) mass is 532 g/mol. The Balaban J connectivity index is 2.15. The Labute approximate surface area is 224 Å². The molecule has 0 aromatic heterocycles. The van der Waals surface area contributed by atoms with Gasteiger partial charge in [-0.05, 0) is 53.5 Å². The lowest BCUT2D eigenvalue weighted by Crippen LogP contribution is -2.58. The van der Waals surface area contributed by atoms with Gasteiger partial charge in [-0.1, -0.05) is 29.4 Å². The summed E-state index contributed by atoms with van der Waals surface area (Å²) < 4.78 is 27.9. The van der Waals surface area contributed by atoms with E-state index in [1.165, 1.54) is 19.8 Å². The maximum Gasteiger partial charge on any atom is 0.200 e. The van der Waals surface area contributed by atoms with E-state index in [0.717, 1.165) is 18.4 Å². The van der Waals surface area contributed by atoms with Crippen LogP contribution in [0, 0.1) is 0 Å². The average molecular weight is 533 g/mol. The number of hydrogen-bond acceptors (Lipinski definition) is 7. The number of carbonyl (C=O) groups is 2. The topological polar surface area (TPSA) is 80.3 Å². The minimum Gasteiger partial charge on any atom is -0.467 e. The third-order valence-electron chi connectivity index (χ3n) is 6.51. The van der Waals surface area contributed by atoms with Gasteiger partial charge in [0.05, 0.1) is 16.5 Å². The first-order chi connectivity index (χ1) is 17.5. The summed E-state index contributed by atoms with van der Waals surface area (Å²) in [6.07, 6.45) is 7.76. The summed E-state index contributed by atoms with van der Waals surface area (Å²) in [5, 5.41) is -0.607. The normalized spacial score (nSPS) is 22.6. The molecule has 2 aliphatic rings. The van der Waals surface area contributed by atoms with Gasteiger partial charge in [0, 0.05) is 37.8 Å². The van der Waals surface area contributed by atoms with Crippen molar-refractivity contribution in [2.75, 3.05) is 27.8 Å². The fraction of sp³-hybridized carbons (Fsp3) is 0.517. The second-order valence-electron chi connectivity index (χ2n) is 10.2. The van der Waals surface area contributed by atoms with Crippen LogP contribution in [-0.2, 0) is 14.2 Å². The van der Waals surface area contributed by atoms with Crippen LogP contribution in [0.25, 0.3) is 0 Å².